The van der Waals surface area contributed by atoms with Gasteiger partial charge in [0.25, 0.3) is 0 Å². The average molecular weight is 453 g/mol. The Hall–Kier alpha value is -3.68. The van der Waals surface area contributed by atoms with Gasteiger partial charge >= 0.3 is 11.9 Å². The molecule has 1 amide bonds. The van der Waals surface area contributed by atoms with Crippen LogP contribution in [0, 0.1) is 5.92 Å². The fourth-order valence-corrected chi connectivity index (χ4v) is 4.18. The van der Waals surface area contributed by atoms with E-state index in [9.17, 15) is 19.2 Å². The van der Waals surface area contributed by atoms with Crippen molar-refractivity contribution in [2.75, 3.05) is 25.2 Å². The van der Waals surface area contributed by atoms with Gasteiger partial charge < -0.3 is 14.2 Å². The molecule has 0 spiro atoms. The van der Waals surface area contributed by atoms with Crippen LogP contribution in [0.2, 0.25) is 0 Å². The number of nitrogens with zero attached hydrogens (tertiary/aromatic N) is 1. The van der Waals surface area contributed by atoms with Crippen molar-refractivity contribution in [1.29, 1.82) is 0 Å². The van der Waals surface area contributed by atoms with Crippen molar-refractivity contribution in [3.63, 3.8) is 0 Å². The number of benzene rings is 2. The maximum atomic E-state index is 13.4. The first-order valence-electron chi connectivity index (χ1n) is 10.8. The molecule has 1 heterocycles. The number of hydrogen-bond donors (Lipinski definition) is 0. The maximum Gasteiger partial charge on any atom is 0.344 e. The molecule has 0 bridgehead atoms. The Morgan fingerprint density at radius 3 is 2.03 bits per heavy atom. The van der Waals surface area contributed by atoms with Crippen molar-refractivity contribution < 1.29 is 33.4 Å². The monoisotopic (exact) mass is 453 g/mol. The Bertz CT molecular complexity index is 999. The van der Waals surface area contributed by atoms with E-state index in [1.165, 1.54) is 7.11 Å². The third-order valence-corrected chi connectivity index (χ3v) is 5.65. The van der Waals surface area contributed by atoms with E-state index in [4.69, 9.17) is 14.2 Å². The highest BCUT2D eigenvalue weighted by Crippen LogP contribution is 2.44. The average Bonchev–Trinajstić information content (AvgIpc) is 3.12. The summed E-state index contributed by atoms with van der Waals surface area (Å²) in [4.78, 5) is 54.2. The number of carbonyl (C=O) groups is 4. The Morgan fingerprint density at radius 1 is 0.939 bits per heavy atom. The number of hydrogen-bond acceptors (Lipinski definition) is 7. The molecule has 1 saturated heterocycles. The Balaban J connectivity index is 2.13. The van der Waals surface area contributed by atoms with E-state index in [2.05, 4.69) is 0 Å². The molecule has 0 unspecified atom stereocenters. The number of ketones is 1. The molecule has 1 atom stereocenters. The smallest absolute Gasteiger partial charge is 0.344 e. The first kappa shape index (κ1) is 24.0. The summed E-state index contributed by atoms with van der Waals surface area (Å²) in [5.41, 5.74) is -1.40. The molecular weight excluding hydrogens is 426 g/mol. The van der Waals surface area contributed by atoms with Crippen LogP contribution in [0.25, 0.3) is 0 Å². The molecule has 2 aromatic carbocycles. The van der Waals surface area contributed by atoms with Crippen LogP contribution < -0.4 is 9.64 Å². The van der Waals surface area contributed by atoms with Gasteiger partial charge in [-0.05, 0) is 38.1 Å². The van der Waals surface area contributed by atoms with E-state index in [0.29, 0.717) is 17.0 Å². The number of anilines is 1. The van der Waals surface area contributed by atoms with Gasteiger partial charge in [0.05, 0.1) is 20.3 Å². The lowest BCUT2D eigenvalue weighted by molar-refractivity contribution is -0.166. The van der Waals surface area contributed by atoms with Crippen molar-refractivity contribution >= 4 is 29.3 Å². The van der Waals surface area contributed by atoms with Gasteiger partial charge in [0.15, 0.2) is 5.78 Å². The zero-order valence-electron chi connectivity index (χ0n) is 18.9. The second-order valence-corrected chi connectivity index (χ2v) is 7.53. The molecule has 2 aromatic rings. The molecule has 1 aliphatic rings. The summed E-state index contributed by atoms with van der Waals surface area (Å²) < 4.78 is 15.8. The minimum Gasteiger partial charge on any atom is -0.497 e. The van der Waals surface area contributed by atoms with Gasteiger partial charge in [-0.1, -0.05) is 30.3 Å². The Kier molecular flexibility index (Phi) is 7.48. The summed E-state index contributed by atoms with van der Waals surface area (Å²) in [6.45, 7) is 3.19. The molecule has 0 aromatic heterocycles. The highest BCUT2D eigenvalue weighted by Gasteiger charge is 2.66. The summed E-state index contributed by atoms with van der Waals surface area (Å²) in [6, 6.07) is 14.9. The first-order valence-corrected chi connectivity index (χ1v) is 10.8. The zero-order chi connectivity index (χ0) is 24.0. The van der Waals surface area contributed by atoms with Crippen LogP contribution in [0.5, 0.6) is 5.75 Å². The van der Waals surface area contributed by atoms with Gasteiger partial charge in [0, 0.05) is 30.0 Å². The van der Waals surface area contributed by atoms with Crippen LogP contribution in [0.3, 0.4) is 0 Å². The molecule has 0 N–H and O–H groups in total. The standard InChI is InChI=1S/C25H27NO7/c1-4-32-23(29)25(24(30)33-5-2)18(15-21(27)17-9-7-6-8-10-17)16-22(28)26(25)19-11-13-20(31-3)14-12-19/h6-14,18H,4-5,15-16H2,1-3H3/t18-/m1/s1. The SMILES string of the molecule is CCOC(=O)C1(C(=O)OCC)[C@H](CC(=O)c2ccccc2)CC(=O)N1c1ccc(OC)cc1. The highest BCUT2D eigenvalue weighted by atomic mass is 16.6. The van der Waals surface area contributed by atoms with E-state index in [-0.39, 0.29) is 31.8 Å². The van der Waals surface area contributed by atoms with Crippen molar-refractivity contribution in [3.8, 4) is 5.75 Å². The van der Waals surface area contributed by atoms with Crippen LogP contribution in [0.15, 0.2) is 54.6 Å². The van der Waals surface area contributed by atoms with Gasteiger partial charge in [0.1, 0.15) is 5.75 Å². The summed E-state index contributed by atoms with van der Waals surface area (Å²) in [5.74, 6) is -3.04. The fraction of sp³-hybridized carbons (Fsp3) is 0.360. The van der Waals surface area contributed by atoms with E-state index in [0.717, 1.165) is 4.90 Å². The number of rotatable bonds is 9. The van der Waals surface area contributed by atoms with Crippen LogP contribution in [0.4, 0.5) is 5.69 Å². The number of methoxy groups -OCH3 is 1. The minimum atomic E-state index is -2.12. The molecule has 0 radical (unpaired) electrons. The molecule has 33 heavy (non-hydrogen) atoms. The molecule has 1 fully saturated rings. The molecule has 0 aliphatic carbocycles. The summed E-state index contributed by atoms with van der Waals surface area (Å²) >= 11 is 0. The van der Waals surface area contributed by atoms with Gasteiger partial charge in [-0.2, -0.15) is 0 Å². The van der Waals surface area contributed by atoms with Crippen molar-refractivity contribution in [2.45, 2.75) is 32.2 Å². The largest absolute Gasteiger partial charge is 0.497 e. The molecule has 1 aliphatic heterocycles. The highest BCUT2D eigenvalue weighted by molar-refractivity contribution is 6.19. The van der Waals surface area contributed by atoms with Gasteiger partial charge in [-0.25, -0.2) is 9.59 Å². The van der Waals surface area contributed by atoms with E-state index in [1.54, 1.807) is 68.4 Å². The number of esters is 2. The summed E-state index contributed by atoms with van der Waals surface area (Å²) in [5, 5.41) is 0. The molecule has 8 heteroatoms. The second-order valence-electron chi connectivity index (χ2n) is 7.53. The lowest BCUT2D eigenvalue weighted by Gasteiger charge is -2.37. The van der Waals surface area contributed by atoms with Crippen LogP contribution >= 0.6 is 0 Å². The number of amides is 1. The Morgan fingerprint density at radius 2 is 1.52 bits per heavy atom. The predicted octanol–water partition coefficient (Wildman–Crippen LogP) is 3.19. The van der Waals surface area contributed by atoms with Crippen LogP contribution in [-0.4, -0.2) is 49.5 Å². The molecule has 3 rings (SSSR count). The van der Waals surface area contributed by atoms with E-state index >= 15 is 0 Å². The number of Topliss-reactive ketones (excluding diaryl/α,β-unsaturated/α-hetero) is 1. The molecule has 8 nitrogen and oxygen atoms in total. The third kappa shape index (κ3) is 4.46. The molecule has 0 saturated carbocycles. The molecular formula is C25H27NO7. The Labute approximate surface area is 192 Å². The van der Waals surface area contributed by atoms with Gasteiger partial charge in [-0.15, -0.1) is 0 Å². The maximum absolute atomic E-state index is 13.4. The normalized spacial score (nSPS) is 16.9. The topological polar surface area (TPSA) is 99.2 Å². The number of ether oxygens (including phenoxy) is 3. The van der Waals surface area contributed by atoms with E-state index in [1.807, 2.05) is 0 Å². The first-order chi connectivity index (χ1) is 15.9. The quantitative estimate of drug-likeness (QED) is 0.327. The third-order valence-electron chi connectivity index (χ3n) is 5.65. The lowest BCUT2D eigenvalue weighted by Crippen LogP contribution is -2.63. The fourth-order valence-electron chi connectivity index (χ4n) is 4.18. The molecule has 174 valence electrons. The van der Waals surface area contributed by atoms with Crippen LogP contribution in [0.1, 0.15) is 37.0 Å². The number of carbonyl (C=O) groups excluding carboxylic acids is 4. The van der Waals surface area contributed by atoms with Gasteiger partial charge in [0.2, 0.25) is 11.4 Å². The summed E-state index contributed by atoms with van der Waals surface area (Å²) in [6.07, 6.45) is -0.401. The van der Waals surface area contributed by atoms with Crippen molar-refractivity contribution in [3.05, 3.63) is 60.2 Å². The van der Waals surface area contributed by atoms with E-state index < -0.39 is 29.3 Å². The second kappa shape index (κ2) is 10.3. The van der Waals surface area contributed by atoms with Crippen molar-refractivity contribution in [2.24, 2.45) is 5.92 Å². The zero-order valence-corrected chi connectivity index (χ0v) is 18.9. The van der Waals surface area contributed by atoms with Crippen LogP contribution in [-0.2, 0) is 23.9 Å². The summed E-state index contributed by atoms with van der Waals surface area (Å²) in [7, 11) is 1.50. The predicted molar refractivity (Wildman–Crippen MR) is 120 cm³/mol. The van der Waals surface area contributed by atoms with Crippen molar-refractivity contribution in [1.82, 2.24) is 0 Å². The lowest BCUT2D eigenvalue weighted by atomic mass is 9.80. The van der Waals surface area contributed by atoms with Gasteiger partial charge in [-0.3, -0.25) is 14.5 Å². The minimum absolute atomic E-state index is 0.00994.